The molecule has 5 atom stereocenters. The summed E-state index contributed by atoms with van der Waals surface area (Å²) >= 11 is 4.94. The number of hydrogen-bond donors (Lipinski definition) is 2. The number of likely N-dealkylation sites (N-methyl/N-ethyl adjacent to an activating group) is 1. The number of halogens is 1. The van der Waals surface area contributed by atoms with Crippen LogP contribution in [0.15, 0.2) is 40.7 Å². The van der Waals surface area contributed by atoms with Gasteiger partial charge in [0.2, 0.25) is 5.91 Å². The van der Waals surface area contributed by atoms with E-state index in [4.69, 9.17) is 4.74 Å². The molecule has 38 heavy (non-hydrogen) atoms. The number of nitro groups is 1. The number of thiophene rings is 1. The van der Waals surface area contributed by atoms with Crippen molar-refractivity contribution in [3.63, 3.8) is 0 Å². The van der Waals surface area contributed by atoms with Crippen LogP contribution in [0.2, 0.25) is 0 Å². The predicted molar refractivity (Wildman–Crippen MR) is 147 cm³/mol. The monoisotopic (exact) mass is 601 g/mol. The van der Waals surface area contributed by atoms with E-state index in [2.05, 4.69) is 27.4 Å². The van der Waals surface area contributed by atoms with Crippen LogP contribution in [-0.2, 0) is 16.6 Å². The lowest BCUT2D eigenvalue weighted by Gasteiger charge is -2.64. The van der Waals surface area contributed by atoms with Crippen molar-refractivity contribution in [3.05, 3.63) is 66.8 Å². The number of benzene rings is 1. The van der Waals surface area contributed by atoms with Crippen molar-refractivity contribution >= 4 is 44.9 Å². The topological polar surface area (TPSA) is 116 Å². The van der Waals surface area contributed by atoms with Crippen molar-refractivity contribution in [1.29, 1.82) is 0 Å². The van der Waals surface area contributed by atoms with E-state index >= 15 is 0 Å². The lowest BCUT2D eigenvalue weighted by Crippen LogP contribution is -2.78. The Morgan fingerprint density at radius 3 is 2.92 bits per heavy atom. The molecule has 1 amide bonds. The summed E-state index contributed by atoms with van der Waals surface area (Å²) in [6, 6.07) is 2.32. The minimum atomic E-state index is -1.24. The van der Waals surface area contributed by atoms with Crippen molar-refractivity contribution in [2.45, 2.75) is 54.9 Å². The van der Waals surface area contributed by atoms with E-state index in [1.165, 1.54) is 17.4 Å². The van der Waals surface area contributed by atoms with Crippen molar-refractivity contribution in [1.82, 2.24) is 9.80 Å². The van der Waals surface area contributed by atoms with Gasteiger partial charge in [0.05, 0.1) is 28.0 Å². The van der Waals surface area contributed by atoms with Crippen LogP contribution in [-0.4, -0.2) is 74.8 Å². The van der Waals surface area contributed by atoms with E-state index in [1.54, 1.807) is 24.1 Å². The number of phenols is 1. The van der Waals surface area contributed by atoms with E-state index < -0.39 is 28.1 Å². The Labute approximate surface area is 232 Å². The number of ether oxygens (including phenoxy) is 1. The molecule has 2 fully saturated rings. The molecule has 2 bridgehead atoms. The van der Waals surface area contributed by atoms with Gasteiger partial charge in [-0.05, 0) is 60.3 Å². The van der Waals surface area contributed by atoms with E-state index in [0.717, 1.165) is 15.4 Å². The SMILES string of the molecule is C=CCN1CC[C@]23c4c5c([N+](=O)[O-])cc(O)c4O[C@H]2[C@H](N(C)C(=O)/C=C/c2cc(Br)cs2)CC[C@@]3(O)[C@H]1C5. The highest BCUT2D eigenvalue weighted by Crippen LogP contribution is 2.67. The molecule has 0 unspecified atom stereocenters. The molecule has 0 radical (unpaired) electrons. The Bertz CT molecular complexity index is 1390. The fraction of sp³-hybridized carbons (Fsp3) is 0.444. The van der Waals surface area contributed by atoms with Crippen LogP contribution in [0.1, 0.15) is 35.3 Å². The van der Waals surface area contributed by atoms with Crippen LogP contribution < -0.4 is 4.74 Å². The summed E-state index contributed by atoms with van der Waals surface area (Å²) < 4.78 is 7.41. The normalized spacial score (nSPS) is 31.1. The largest absolute Gasteiger partial charge is 0.504 e. The molecule has 2 aliphatic heterocycles. The summed E-state index contributed by atoms with van der Waals surface area (Å²) in [5.74, 6) is -0.298. The van der Waals surface area contributed by atoms with Crippen molar-refractivity contribution in [2.75, 3.05) is 20.1 Å². The second-order valence-electron chi connectivity index (χ2n) is 10.6. The fourth-order valence-electron chi connectivity index (χ4n) is 7.47. The average Bonchev–Trinajstić information content (AvgIpc) is 3.45. The van der Waals surface area contributed by atoms with Gasteiger partial charge in [-0.1, -0.05) is 6.08 Å². The molecule has 1 saturated heterocycles. The van der Waals surface area contributed by atoms with Crippen LogP contribution in [0.25, 0.3) is 6.08 Å². The zero-order chi connectivity index (χ0) is 27.0. The molecule has 4 aliphatic rings. The van der Waals surface area contributed by atoms with Crippen molar-refractivity contribution in [3.8, 4) is 11.5 Å². The van der Waals surface area contributed by atoms with Crippen LogP contribution >= 0.6 is 27.3 Å². The molecule has 2 aliphatic carbocycles. The zero-order valence-corrected chi connectivity index (χ0v) is 23.2. The molecule has 200 valence electrons. The van der Waals surface area contributed by atoms with Gasteiger partial charge in [-0.25, -0.2) is 0 Å². The molecule has 1 aromatic heterocycles. The molecular formula is C27H28BrN3O6S. The third kappa shape index (κ3) is 3.38. The Hall–Kier alpha value is -2.73. The van der Waals surface area contributed by atoms with Gasteiger partial charge in [-0.2, -0.15) is 0 Å². The fourth-order valence-corrected chi connectivity index (χ4v) is 8.80. The lowest BCUT2D eigenvalue weighted by atomic mass is 9.48. The Balaban J connectivity index is 1.45. The van der Waals surface area contributed by atoms with E-state index in [0.29, 0.717) is 43.5 Å². The van der Waals surface area contributed by atoms with Crippen LogP contribution in [0.5, 0.6) is 11.5 Å². The molecule has 2 N–H and O–H groups in total. The third-order valence-corrected chi connectivity index (χ3v) is 10.7. The van der Waals surface area contributed by atoms with Gasteiger partial charge in [0.15, 0.2) is 11.5 Å². The average molecular weight is 603 g/mol. The maximum atomic E-state index is 13.3. The molecular weight excluding hydrogens is 574 g/mol. The highest BCUT2D eigenvalue weighted by Gasteiger charge is 2.74. The van der Waals surface area contributed by atoms with Gasteiger partial charge in [-0.15, -0.1) is 17.9 Å². The number of hydrogen-bond acceptors (Lipinski definition) is 8. The summed E-state index contributed by atoms with van der Waals surface area (Å²) in [5.41, 5.74) is -1.32. The first-order chi connectivity index (χ1) is 18.1. The Morgan fingerprint density at radius 1 is 1.45 bits per heavy atom. The van der Waals surface area contributed by atoms with Gasteiger partial charge in [0.25, 0.3) is 5.69 Å². The molecule has 3 heterocycles. The highest BCUT2D eigenvalue weighted by atomic mass is 79.9. The number of aromatic hydroxyl groups is 1. The number of likely N-dealkylation sites (tertiary alicyclic amines) is 1. The number of nitro benzene ring substituents is 1. The van der Waals surface area contributed by atoms with Gasteiger partial charge in [0.1, 0.15) is 6.10 Å². The van der Waals surface area contributed by atoms with Crippen molar-refractivity contribution in [2.24, 2.45) is 0 Å². The maximum absolute atomic E-state index is 13.3. The summed E-state index contributed by atoms with van der Waals surface area (Å²) in [7, 11) is 1.73. The number of carbonyl (C=O) groups excluding carboxylic acids is 1. The minimum Gasteiger partial charge on any atom is -0.504 e. The number of aliphatic hydroxyl groups is 1. The molecule has 1 spiro atoms. The second-order valence-corrected chi connectivity index (χ2v) is 12.5. The predicted octanol–water partition coefficient (Wildman–Crippen LogP) is 4.00. The number of rotatable bonds is 6. The first-order valence-electron chi connectivity index (χ1n) is 12.6. The van der Waals surface area contributed by atoms with Gasteiger partial charge in [-0.3, -0.25) is 19.8 Å². The summed E-state index contributed by atoms with van der Waals surface area (Å²) in [6.45, 7) is 5.05. The highest BCUT2D eigenvalue weighted by molar-refractivity contribution is 9.10. The number of amides is 1. The maximum Gasteiger partial charge on any atom is 0.276 e. The first-order valence-corrected chi connectivity index (χ1v) is 14.3. The standard InChI is InChI=1S/C27H28BrN3O6S/c1-3-9-30-10-8-26-23-17-12-21(30)27(26,34)7-6-18(25(26)37-24(23)20(32)13-19(17)31(35)36)29(2)22(33)5-4-16-11-15(28)14-38-16/h3-5,11,13-14,18,21,25,32,34H,1,6-10,12H2,2H3/b5-4+/t18-,21-,25+,26+,27-/m1/s1. The minimum absolute atomic E-state index is 0.158. The first kappa shape index (κ1) is 25.5. The van der Waals surface area contributed by atoms with Crippen LogP contribution in [0.3, 0.4) is 0 Å². The summed E-state index contributed by atoms with van der Waals surface area (Å²) in [6.07, 6.45) is 6.08. The summed E-state index contributed by atoms with van der Waals surface area (Å²) in [4.78, 5) is 29.6. The van der Waals surface area contributed by atoms with Crippen LogP contribution in [0, 0.1) is 10.1 Å². The number of piperidine rings is 1. The second kappa shape index (κ2) is 8.90. The van der Waals surface area contributed by atoms with Gasteiger partial charge >= 0.3 is 0 Å². The zero-order valence-electron chi connectivity index (χ0n) is 20.8. The Kier molecular flexibility index (Phi) is 5.99. The van der Waals surface area contributed by atoms with E-state index in [9.17, 15) is 25.1 Å². The van der Waals surface area contributed by atoms with Crippen molar-refractivity contribution < 1.29 is 24.7 Å². The summed E-state index contributed by atoms with van der Waals surface area (Å²) in [5, 5.41) is 37.4. The number of carbonyl (C=O) groups is 1. The van der Waals surface area contributed by atoms with E-state index in [1.807, 2.05) is 11.4 Å². The molecule has 11 heteroatoms. The molecule has 9 nitrogen and oxygen atoms in total. The molecule has 2 aromatic rings. The quantitative estimate of drug-likeness (QED) is 0.222. The number of phenolic OH excluding ortho intramolecular Hbond substituents is 1. The Morgan fingerprint density at radius 2 is 2.24 bits per heavy atom. The number of nitrogens with zero attached hydrogens (tertiary/aromatic N) is 3. The van der Waals surface area contributed by atoms with E-state index in [-0.39, 0.29) is 35.6 Å². The lowest BCUT2D eigenvalue weighted by molar-refractivity contribution is -0.386. The third-order valence-electron chi connectivity index (χ3n) is 9.03. The molecule has 6 rings (SSSR count). The molecule has 1 aromatic carbocycles. The molecule has 1 saturated carbocycles. The smallest absolute Gasteiger partial charge is 0.276 e. The van der Waals surface area contributed by atoms with Gasteiger partial charge in [0, 0.05) is 51.6 Å². The van der Waals surface area contributed by atoms with Crippen LogP contribution in [0.4, 0.5) is 5.69 Å². The van der Waals surface area contributed by atoms with Gasteiger partial charge < -0.3 is 19.8 Å².